The molecule has 0 spiro atoms. The minimum Gasteiger partial charge on any atom is -0.264 e. The van der Waals surface area contributed by atoms with Crippen molar-refractivity contribution in [2.45, 2.75) is 131 Å². The lowest BCUT2D eigenvalue weighted by Gasteiger charge is -2.26. The summed E-state index contributed by atoms with van der Waals surface area (Å²) in [5, 5.41) is 2.67. The number of hydrogen-bond acceptors (Lipinski definition) is 3. The van der Waals surface area contributed by atoms with Gasteiger partial charge in [-0.2, -0.15) is 0 Å². The number of nitrogens with zero attached hydrogens (tertiary/aromatic N) is 3. The lowest BCUT2D eigenvalue weighted by atomic mass is 9.79. The van der Waals surface area contributed by atoms with Gasteiger partial charge in [-0.3, -0.25) is 15.0 Å². The van der Waals surface area contributed by atoms with Crippen molar-refractivity contribution in [3.05, 3.63) is 220 Å². The summed E-state index contributed by atoms with van der Waals surface area (Å²) in [6.07, 6.45) is 20.6. The van der Waals surface area contributed by atoms with E-state index in [1.54, 1.807) is 0 Å². The SMILES string of the molecule is C/C=C\C.CC1C=CCC(C)[C@@H]1C.CC1C[C@@H]1C.Cc1cc2ccccc2cc1C.Cc1ccccc1-c1ccccc1C.Cc1cccnc1C.Cc1ccncc1C.Cc1ccncc1C. The second-order valence-corrected chi connectivity index (χ2v) is 19.0. The maximum atomic E-state index is 4.08. The van der Waals surface area contributed by atoms with Crippen LogP contribution in [-0.2, 0) is 0 Å². The van der Waals surface area contributed by atoms with Crippen LogP contribution in [-0.4, -0.2) is 15.0 Å². The van der Waals surface area contributed by atoms with E-state index in [2.05, 4.69) is 215 Å². The third-order valence-corrected chi connectivity index (χ3v) is 13.3. The predicted molar refractivity (Wildman–Crippen MR) is 301 cm³/mol. The van der Waals surface area contributed by atoms with Crippen LogP contribution in [0.3, 0.4) is 0 Å². The van der Waals surface area contributed by atoms with Gasteiger partial charge in [-0.15, -0.1) is 0 Å². The molecule has 4 aromatic carbocycles. The molecule has 0 saturated heterocycles. The first-order valence-electron chi connectivity index (χ1n) is 24.9. The Labute approximate surface area is 415 Å². The van der Waals surface area contributed by atoms with E-state index < -0.39 is 0 Å². The number of benzene rings is 4. The van der Waals surface area contributed by atoms with Gasteiger partial charge in [0.15, 0.2) is 0 Å². The van der Waals surface area contributed by atoms with Crippen LogP contribution in [0.15, 0.2) is 164 Å². The molecule has 5 atom stereocenters. The van der Waals surface area contributed by atoms with Gasteiger partial charge in [0, 0.05) is 36.7 Å². The number of allylic oxidation sites excluding steroid dienone is 4. The number of pyridine rings is 3. The molecule has 3 aromatic heterocycles. The van der Waals surface area contributed by atoms with Crippen LogP contribution < -0.4 is 0 Å². The monoisotopic (exact) mass is 910 g/mol. The van der Waals surface area contributed by atoms with Gasteiger partial charge in [0.1, 0.15) is 0 Å². The van der Waals surface area contributed by atoms with Gasteiger partial charge in [0.25, 0.3) is 0 Å². The van der Waals surface area contributed by atoms with Crippen molar-refractivity contribution in [1.29, 1.82) is 0 Å². The molecular formula is C65H87N3. The summed E-state index contributed by atoms with van der Waals surface area (Å²) in [5.74, 6) is 4.68. The number of hydrogen-bond donors (Lipinski definition) is 0. The van der Waals surface area contributed by atoms with Gasteiger partial charge in [0.2, 0.25) is 0 Å². The van der Waals surface area contributed by atoms with E-state index in [0.717, 1.165) is 35.3 Å². The molecule has 3 unspecified atom stereocenters. The predicted octanol–water partition coefficient (Wildman–Crippen LogP) is 18.6. The molecule has 9 rings (SSSR count). The number of aryl methyl sites for hydroxylation is 10. The summed E-state index contributed by atoms with van der Waals surface area (Å²) in [6, 6.07) is 38.0. The highest BCUT2D eigenvalue weighted by Crippen LogP contribution is 2.36. The molecule has 3 heterocycles. The Morgan fingerprint density at radius 1 is 0.426 bits per heavy atom. The van der Waals surface area contributed by atoms with Crippen molar-refractivity contribution in [2.75, 3.05) is 0 Å². The standard InChI is InChI=1S/C14H14.C12H12.C9H16.3C7H9N.C5H10.C4H8/c1-11-7-3-5-9-13(11)14-10-6-4-8-12(14)2;1-9-7-11-5-3-4-6-12(11)8-10(9)2;1-7-5-4-6-8(2)9(7)3;2*1-6-3-4-8-5-7(6)2;1-6-4-3-5-8-7(6)2;1-4-3-5(4)2;1-3-4-2/h3-10H,1-2H3;3-8H,1-2H3;4-5,7-9H,6H2,1-3H3;3*3-5H,1-2H3;4-5H,3H2,1-2H3;3-4H,1-2H3/b;;;;;;;4-3-/t;;7?,8?,9-;;;;4-,5?;/m..1...0./s1. The average molecular weight is 910 g/mol. The van der Waals surface area contributed by atoms with E-state index in [9.17, 15) is 0 Å². The normalized spacial score (nSPS) is 17.1. The third-order valence-electron chi connectivity index (χ3n) is 13.3. The Hall–Kier alpha value is -5.93. The van der Waals surface area contributed by atoms with Crippen LogP contribution in [0.2, 0.25) is 0 Å². The molecular weight excluding hydrogens is 823 g/mol. The highest BCUT2D eigenvalue weighted by molar-refractivity contribution is 5.83. The molecule has 0 radical (unpaired) electrons. The van der Waals surface area contributed by atoms with Gasteiger partial charge >= 0.3 is 0 Å². The topological polar surface area (TPSA) is 38.7 Å². The molecule has 1 fully saturated rings. The smallest absolute Gasteiger partial charge is 0.0401 e. The molecule has 1 saturated carbocycles. The summed E-state index contributed by atoms with van der Waals surface area (Å²) in [7, 11) is 0. The average Bonchev–Trinajstić information content (AvgIpc) is 4.00. The molecule has 0 amide bonds. The van der Waals surface area contributed by atoms with Crippen LogP contribution >= 0.6 is 0 Å². The fourth-order valence-electron chi connectivity index (χ4n) is 6.79. The Bertz CT molecular complexity index is 2280. The van der Waals surface area contributed by atoms with Gasteiger partial charge < -0.3 is 0 Å². The fraction of sp³-hybridized carbons (Fsp3) is 0.369. The highest BCUT2D eigenvalue weighted by atomic mass is 14.7. The fourth-order valence-corrected chi connectivity index (χ4v) is 6.79. The van der Waals surface area contributed by atoms with E-state index in [1.807, 2.05) is 82.1 Å². The van der Waals surface area contributed by atoms with Crippen molar-refractivity contribution < 1.29 is 0 Å². The van der Waals surface area contributed by atoms with Crippen LogP contribution in [0.1, 0.15) is 117 Å². The van der Waals surface area contributed by atoms with Gasteiger partial charge in [-0.05, 0) is 216 Å². The Morgan fingerprint density at radius 3 is 1.13 bits per heavy atom. The van der Waals surface area contributed by atoms with Crippen molar-refractivity contribution in [2.24, 2.45) is 29.6 Å². The Kier molecular flexibility index (Phi) is 27.3. The van der Waals surface area contributed by atoms with Gasteiger partial charge in [0.05, 0.1) is 0 Å². The van der Waals surface area contributed by atoms with Gasteiger partial charge in [-0.25, -0.2) is 0 Å². The molecule has 2 aliphatic rings. The number of rotatable bonds is 1. The first-order valence-corrected chi connectivity index (χ1v) is 24.9. The molecule has 0 N–H and O–H groups in total. The van der Waals surface area contributed by atoms with Crippen molar-refractivity contribution in [3.63, 3.8) is 0 Å². The first kappa shape index (κ1) is 58.2. The highest BCUT2D eigenvalue weighted by Gasteiger charge is 2.26. The second kappa shape index (κ2) is 31.9. The summed E-state index contributed by atoms with van der Waals surface area (Å²) in [5.41, 5.74) is 15.6. The molecule has 68 heavy (non-hydrogen) atoms. The van der Waals surface area contributed by atoms with E-state index >= 15 is 0 Å². The Morgan fingerprint density at radius 2 is 0.838 bits per heavy atom. The summed E-state index contributed by atoms with van der Waals surface area (Å²) >= 11 is 0. The minimum absolute atomic E-state index is 0.800. The zero-order valence-electron chi connectivity index (χ0n) is 45.2. The largest absolute Gasteiger partial charge is 0.264 e. The molecule has 3 nitrogen and oxygen atoms in total. The number of fused-ring (bicyclic) bond motifs is 1. The van der Waals surface area contributed by atoms with E-state index in [-0.39, 0.29) is 0 Å². The Balaban J connectivity index is 0.000000273. The maximum Gasteiger partial charge on any atom is 0.0401 e. The minimum atomic E-state index is 0.800. The summed E-state index contributed by atoms with van der Waals surface area (Å²) in [6.45, 7) is 36.5. The quantitative estimate of drug-likeness (QED) is 0.154. The first-order chi connectivity index (χ1) is 32.4. The van der Waals surface area contributed by atoms with E-state index in [0.29, 0.717) is 0 Å². The van der Waals surface area contributed by atoms with Crippen LogP contribution in [0.25, 0.3) is 21.9 Å². The van der Waals surface area contributed by atoms with E-state index in [1.165, 1.54) is 84.8 Å². The van der Waals surface area contributed by atoms with Crippen molar-refractivity contribution >= 4 is 10.8 Å². The molecule has 0 bridgehead atoms. The van der Waals surface area contributed by atoms with Crippen molar-refractivity contribution in [3.8, 4) is 11.1 Å². The molecule has 7 aromatic rings. The molecule has 2 aliphatic carbocycles. The zero-order chi connectivity index (χ0) is 50.6. The second-order valence-electron chi connectivity index (χ2n) is 19.0. The lowest BCUT2D eigenvalue weighted by Crippen LogP contribution is -2.17. The van der Waals surface area contributed by atoms with Crippen LogP contribution in [0.4, 0.5) is 0 Å². The zero-order valence-corrected chi connectivity index (χ0v) is 45.2. The third kappa shape index (κ3) is 22.2. The van der Waals surface area contributed by atoms with Crippen LogP contribution in [0.5, 0.6) is 0 Å². The van der Waals surface area contributed by atoms with Gasteiger partial charge in [-0.1, -0.05) is 150 Å². The van der Waals surface area contributed by atoms with Crippen LogP contribution in [0, 0.1) is 98.8 Å². The maximum absolute atomic E-state index is 4.08. The molecule has 3 heteroatoms. The lowest BCUT2D eigenvalue weighted by molar-refractivity contribution is 0.305. The summed E-state index contributed by atoms with van der Waals surface area (Å²) in [4.78, 5) is 12.0. The number of aromatic nitrogens is 3. The van der Waals surface area contributed by atoms with E-state index in [4.69, 9.17) is 0 Å². The van der Waals surface area contributed by atoms with Crippen molar-refractivity contribution in [1.82, 2.24) is 15.0 Å². The summed E-state index contributed by atoms with van der Waals surface area (Å²) < 4.78 is 0. The molecule has 362 valence electrons. The molecule has 0 aliphatic heterocycles.